The topological polar surface area (TPSA) is 104 Å². The molecular weight excluding hydrogens is 272 g/mol. The molecule has 0 saturated carbocycles. The molecule has 21 heavy (non-hydrogen) atoms. The summed E-state index contributed by atoms with van der Waals surface area (Å²) in [5, 5.41) is 19.9. The van der Waals surface area contributed by atoms with E-state index < -0.39 is 0 Å². The van der Waals surface area contributed by atoms with Crippen LogP contribution in [0.5, 0.6) is 0 Å². The summed E-state index contributed by atoms with van der Waals surface area (Å²) >= 11 is 0. The Kier molecular flexibility index (Phi) is 3.98. The van der Waals surface area contributed by atoms with Gasteiger partial charge in [-0.05, 0) is 37.8 Å². The standard InChI is InChI=1S/C13H20N6O2/c1-2-13(8-20)3-5-19(6-4-13)7-10-16-12(18-21-10)11-14-9-15-17-11/h9,20H,2-8H2,1H3,(H,14,15,17). The third-order valence-corrected chi connectivity index (χ3v) is 4.46. The highest BCUT2D eigenvalue weighted by atomic mass is 16.5. The van der Waals surface area contributed by atoms with Crippen molar-refractivity contribution in [1.29, 1.82) is 0 Å². The number of H-pyrrole nitrogens is 1. The fourth-order valence-electron chi connectivity index (χ4n) is 2.73. The summed E-state index contributed by atoms with van der Waals surface area (Å²) in [7, 11) is 0. The van der Waals surface area contributed by atoms with Gasteiger partial charge in [-0.25, -0.2) is 4.98 Å². The molecule has 3 heterocycles. The summed E-state index contributed by atoms with van der Waals surface area (Å²) in [6, 6.07) is 0. The van der Waals surface area contributed by atoms with Crippen molar-refractivity contribution in [3.8, 4) is 11.6 Å². The molecule has 0 radical (unpaired) electrons. The van der Waals surface area contributed by atoms with Crippen LogP contribution in [0.2, 0.25) is 0 Å². The Morgan fingerprint density at radius 3 is 2.86 bits per heavy atom. The summed E-state index contributed by atoms with van der Waals surface area (Å²) in [4.78, 5) is 10.6. The van der Waals surface area contributed by atoms with Crippen molar-refractivity contribution >= 4 is 0 Å². The minimum Gasteiger partial charge on any atom is -0.396 e. The molecule has 0 bridgehead atoms. The third kappa shape index (κ3) is 2.96. The predicted octanol–water partition coefficient (Wildman–Crippen LogP) is 0.839. The minimum atomic E-state index is 0.0936. The van der Waals surface area contributed by atoms with Gasteiger partial charge in [-0.15, -0.1) is 0 Å². The van der Waals surface area contributed by atoms with Crippen LogP contribution in [0.3, 0.4) is 0 Å². The van der Waals surface area contributed by atoms with Crippen molar-refractivity contribution in [3.63, 3.8) is 0 Å². The van der Waals surface area contributed by atoms with Crippen LogP contribution in [0, 0.1) is 5.41 Å². The summed E-state index contributed by atoms with van der Waals surface area (Å²) in [5.74, 6) is 1.51. The SMILES string of the molecule is CCC1(CO)CCN(Cc2nc(-c3ncn[nH]3)no2)CC1. The molecule has 3 rings (SSSR count). The van der Waals surface area contributed by atoms with Crippen LogP contribution in [0.25, 0.3) is 11.6 Å². The van der Waals surface area contributed by atoms with E-state index in [0.29, 0.717) is 24.1 Å². The average Bonchev–Trinajstić information content (AvgIpc) is 3.19. The number of nitrogens with one attached hydrogen (secondary N) is 1. The number of aliphatic hydroxyl groups excluding tert-OH is 1. The van der Waals surface area contributed by atoms with E-state index in [4.69, 9.17) is 4.52 Å². The van der Waals surface area contributed by atoms with Gasteiger partial charge in [0, 0.05) is 6.61 Å². The molecule has 1 fully saturated rings. The van der Waals surface area contributed by atoms with E-state index in [1.54, 1.807) is 0 Å². The molecule has 2 aromatic rings. The van der Waals surface area contributed by atoms with Crippen molar-refractivity contribution in [3.05, 3.63) is 12.2 Å². The van der Waals surface area contributed by atoms with E-state index in [9.17, 15) is 5.11 Å². The van der Waals surface area contributed by atoms with Gasteiger partial charge in [-0.2, -0.15) is 10.1 Å². The second-order valence-electron chi connectivity index (χ2n) is 5.63. The van der Waals surface area contributed by atoms with E-state index >= 15 is 0 Å². The number of hydrogen-bond acceptors (Lipinski definition) is 7. The molecule has 8 heteroatoms. The number of aliphatic hydroxyl groups is 1. The Hall–Kier alpha value is -1.80. The van der Waals surface area contributed by atoms with Gasteiger partial charge in [0.15, 0.2) is 5.82 Å². The van der Waals surface area contributed by atoms with E-state index in [-0.39, 0.29) is 12.0 Å². The highest BCUT2D eigenvalue weighted by Gasteiger charge is 2.32. The van der Waals surface area contributed by atoms with E-state index in [2.05, 4.69) is 37.1 Å². The Balaban J connectivity index is 1.59. The lowest BCUT2D eigenvalue weighted by Gasteiger charge is -2.39. The van der Waals surface area contributed by atoms with Crippen molar-refractivity contribution < 1.29 is 9.63 Å². The number of piperidine rings is 1. The zero-order valence-corrected chi connectivity index (χ0v) is 12.1. The van der Waals surface area contributed by atoms with Gasteiger partial charge >= 0.3 is 0 Å². The lowest BCUT2D eigenvalue weighted by Crippen LogP contribution is -2.41. The molecule has 0 amide bonds. The van der Waals surface area contributed by atoms with Gasteiger partial charge in [0.05, 0.1) is 6.54 Å². The number of nitrogens with zero attached hydrogens (tertiary/aromatic N) is 5. The normalized spacial score (nSPS) is 19.0. The van der Waals surface area contributed by atoms with Crippen LogP contribution >= 0.6 is 0 Å². The predicted molar refractivity (Wildman–Crippen MR) is 74.0 cm³/mol. The Morgan fingerprint density at radius 1 is 1.43 bits per heavy atom. The number of aromatic nitrogens is 5. The van der Waals surface area contributed by atoms with Crippen molar-refractivity contribution in [2.45, 2.75) is 32.7 Å². The first-order valence-electron chi connectivity index (χ1n) is 7.26. The number of likely N-dealkylation sites (tertiary alicyclic amines) is 1. The van der Waals surface area contributed by atoms with E-state index in [1.807, 2.05) is 0 Å². The molecule has 114 valence electrons. The first-order chi connectivity index (χ1) is 10.2. The fraction of sp³-hybridized carbons (Fsp3) is 0.692. The number of rotatable bonds is 5. The van der Waals surface area contributed by atoms with Gasteiger partial charge in [0.1, 0.15) is 6.33 Å². The molecule has 0 atom stereocenters. The van der Waals surface area contributed by atoms with Crippen molar-refractivity contribution in [2.75, 3.05) is 19.7 Å². The smallest absolute Gasteiger partial charge is 0.241 e. The highest BCUT2D eigenvalue weighted by Crippen LogP contribution is 2.34. The summed E-state index contributed by atoms with van der Waals surface area (Å²) in [5.41, 5.74) is 0.0936. The van der Waals surface area contributed by atoms with E-state index in [0.717, 1.165) is 32.4 Å². The molecule has 2 N–H and O–H groups in total. The van der Waals surface area contributed by atoms with Crippen LogP contribution in [-0.2, 0) is 6.54 Å². The summed E-state index contributed by atoms with van der Waals surface area (Å²) < 4.78 is 5.26. The van der Waals surface area contributed by atoms with Gasteiger partial charge in [0.2, 0.25) is 11.7 Å². The monoisotopic (exact) mass is 292 g/mol. The lowest BCUT2D eigenvalue weighted by molar-refractivity contribution is 0.0348. The second-order valence-corrected chi connectivity index (χ2v) is 5.63. The van der Waals surface area contributed by atoms with Crippen LogP contribution in [0.15, 0.2) is 10.9 Å². The molecule has 0 spiro atoms. The lowest BCUT2D eigenvalue weighted by atomic mass is 9.77. The molecule has 1 aliphatic heterocycles. The van der Waals surface area contributed by atoms with Gasteiger partial charge in [-0.1, -0.05) is 12.1 Å². The molecular formula is C13H20N6O2. The van der Waals surface area contributed by atoms with Crippen molar-refractivity contribution in [1.82, 2.24) is 30.2 Å². The maximum absolute atomic E-state index is 9.55. The first kappa shape index (κ1) is 14.2. The Morgan fingerprint density at radius 2 is 2.24 bits per heavy atom. The van der Waals surface area contributed by atoms with Gasteiger partial charge < -0.3 is 9.63 Å². The molecule has 0 unspecified atom stereocenters. The maximum Gasteiger partial charge on any atom is 0.241 e. The second kappa shape index (κ2) is 5.90. The van der Waals surface area contributed by atoms with E-state index in [1.165, 1.54) is 6.33 Å². The number of hydrogen-bond donors (Lipinski definition) is 2. The van der Waals surface area contributed by atoms with Crippen molar-refractivity contribution in [2.24, 2.45) is 5.41 Å². The molecule has 0 aliphatic carbocycles. The zero-order chi connectivity index (χ0) is 14.7. The fourth-order valence-corrected chi connectivity index (χ4v) is 2.73. The maximum atomic E-state index is 9.55. The average molecular weight is 292 g/mol. The van der Waals surface area contributed by atoms with Crippen LogP contribution < -0.4 is 0 Å². The van der Waals surface area contributed by atoms with Crippen LogP contribution in [-0.4, -0.2) is 55.0 Å². The third-order valence-electron chi connectivity index (χ3n) is 4.46. The molecule has 0 aromatic carbocycles. The van der Waals surface area contributed by atoms with Crippen LogP contribution in [0.4, 0.5) is 0 Å². The summed E-state index contributed by atoms with van der Waals surface area (Å²) in [6.45, 7) is 4.93. The minimum absolute atomic E-state index is 0.0936. The highest BCUT2D eigenvalue weighted by molar-refractivity contribution is 5.39. The largest absolute Gasteiger partial charge is 0.396 e. The molecule has 1 saturated heterocycles. The Bertz CT molecular complexity index is 553. The zero-order valence-electron chi connectivity index (χ0n) is 12.1. The molecule has 1 aliphatic rings. The quantitative estimate of drug-likeness (QED) is 0.841. The number of aromatic amines is 1. The van der Waals surface area contributed by atoms with Crippen LogP contribution in [0.1, 0.15) is 32.1 Å². The van der Waals surface area contributed by atoms with Gasteiger partial charge in [0.25, 0.3) is 0 Å². The molecule has 8 nitrogen and oxygen atoms in total. The molecule has 2 aromatic heterocycles. The summed E-state index contributed by atoms with van der Waals surface area (Å²) in [6.07, 6.45) is 4.44. The first-order valence-corrected chi connectivity index (χ1v) is 7.26. The Labute approximate surface area is 122 Å². The van der Waals surface area contributed by atoms with Gasteiger partial charge in [-0.3, -0.25) is 10.00 Å².